The third-order valence-electron chi connectivity index (χ3n) is 4.14. The van der Waals surface area contributed by atoms with Gasteiger partial charge in [0, 0.05) is 25.7 Å². The standard InChI is InChI=1S/C13H19N3O3/c1-9-14-12(13(17)18)11-3-2-10(8-16(9)11)15-4-6-19-7-5-15/h10H,2-8H2,1H3,(H,17,18). The molecule has 1 fully saturated rings. The van der Waals surface area contributed by atoms with Crippen molar-refractivity contribution in [2.75, 3.05) is 26.3 Å². The van der Waals surface area contributed by atoms with Crippen LogP contribution in [0.5, 0.6) is 0 Å². The van der Waals surface area contributed by atoms with Crippen molar-refractivity contribution in [1.29, 1.82) is 0 Å². The summed E-state index contributed by atoms with van der Waals surface area (Å²) in [5.41, 5.74) is 1.12. The average Bonchev–Trinajstić information content (AvgIpc) is 2.77. The van der Waals surface area contributed by atoms with Gasteiger partial charge in [-0.3, -0.25) is 4.90 Å². The van der Waals surface area contributed by atoms with Crippen LogP contribution in [0.1, 0.15) is 28.4 Å². The number of aryl methyl sites for hydroxylation is 1. The van der Waals surface area contributed by atoms with Crippen molar-refractivity contribution in [3.05, 3.63) is 17.2 Å². The molecule has 6 heteroatoms. The second-order valence-corrected chi connectivity index (χ2v) is 5.21. The van der Waals surface area contributed by atoms with Crippen molar-refractivity contribution < 1.29 is 14.6 Å². The molecule has 3 rings (SSSR count). The smallest absolute Gasteiger partial charge is 0.356 e. The van der Waals surface area contributed by atoms with Gasteiger partial charge in [0.05, 0.1) is 18.9 Å². The van der Waals surface area contributed by atoms with Gasteiger partial charge in [0.2, 0.25) is 0 Å². The van der Waals surface area contributed by atoms with Gasteiger partial charge in [0.1, 0.15) is 5.82 Å². The number of morpholine rings is 1. The van der Waals surface area contributed by atoms with Crippen LogP contribution in [0.15, 0.2) is 0 Å². The molecule has 0 aromatic carbocycles. The first-order valence-electron chi connectivity index (χ1n) is 6.78. The summed E-state index contributed by atoms with van der Waals surface area (Å²) >= 11 is 0. The minimum Gasteiger partial charge on any atom is -0.476 e. The predicted octanol–water partition coefficient (Wildman–Crippen LogP) is 0.537. The summed E-state index contributed by atoms with van der Waals surface area (Å²) in [6.07, 6.45) is 1.80. The molecule has 1 N–H and O–H groups in total. The van der Waals surface area contributed by atoms with E-state index in [0.29, 0.717) is 6.04 Å². The van der Waals surface area contributed by atoms with Crippen molar-refractivity contribution in [3.63, 3.8) is 0 Å². The summed E-state index contributed by atoms with van der Waals surface area (Å²) in [5.74, 6) is -0.105. The third kappa shape index (κ3) is 2.26. The molecule has 0 aliphatic carbocycles. The number of carboxylic acid groups (broad SMARTS) is 1. The first-order chi connectivity index (χ1) is 9.16. The lowest BCUT2D eigenvalue weighted by molar-refractivity contribution is 0.00835. The monoisotopic (exact) mass is 265 g/mol. The zero-order valence-corrected chi connectivity index (χ0v) is 11.1. The fourth-order valence-electron chi connectivity index (χ4n) is 3.12. The quantitative estimate of drug-likeness (QED) is 0.845. The van der Waals surface area contributed by atoms with E-state index in [1.165, 1.54) is 0 Å². The van der Waals surface area contributed by atoms with Gasteiger partial charge in [-0.15, -0.1) is 0 Å². The van der Waals surface area contributed by atoms with Gasteiger partial charge in [-0.1, -0.05) is 0 Å². The number of aromatic nitrogens is 2. The maximum Gasteiger partial charge on any atom is 0.356 e. The Balaban J connectivity index is 1.81. The zero-order chi connectivity index (χ0) is 13.4. The van der Waals surface area contributed by atoms with E-state index in [1.807, 2.05) is 6.92 Å². The van der Waals surface area contributed by atoms with Crippen LogP contribution in [0.25, 0.3) is 0 Å². The molecule has 104 valence electrons. The first kappa shape index (κ1) is 12.6. The molecular formula is C13H19N3O3. The molecule has 1 aromatic heterocycles. The number of fused-ring (bicyclic) bond motifs is 1. The third-order valence-corrected chi connectivity index (χ3v) is 4.14. The molecule has 0 saturated carbocycles. The van der Waals surface area contributed by atoms with Gasteiger partial charge < -0.3 is 14.4 Å². The molecule has 19 heavy (non-hydrogen) atoms. The Morgan fingerprint density at radius 1 is 1.42 bits per heavy atom. The van der Waals surface area contributed by atoms with Crippen LogP contribution in [-0.2, 0) is 17.7 Å². The molecule has 0 radical (unpaired) electrons. The number of aromatic carboxylic acids is 1. The fraction of sp³-hybridized carbons (Fsp3) is 0.692. The summed E-state index contributed by atoms with van der Waals surface area (Å²) in [5, 5.41) is 9.17. The Kier molecular flexibility index (Phi) is 3.28. The lowest BCUT2D eigenvalue weighted by Gasteiger charge is -2.37. The number of carboxylic acids is 1. The van der Waals surface area contributed by atoms with Gasteiger partial charge in [-0.25, -0.2) is 9.78 Å². The lowest BCUT2D eigenvalue weighted by Crippen LogP contribution is -2.47. The summed E-state index contributed by atoms with van der Waals surface area (Å²) in [6.45, 7) is 6.28. The topological polar surface area (TPSA) is 67.6 Å². The Hall–Kier alpha value is -1.40. The Bertz CT molecular complexity index is 492. The van der Waals surface area contributed by atoms with Gasteiger partial charge >= 0.3 is 5.97 Å². The minimum absolute atomic E-state index is 0.234. The van der Waals surface area contributed by atoms with Crippen molar-refractivity contribution in [2.45, 2.75) is 32.4 Å². The van der Waals surface area contributed by atoms with Gasteiger partial charge in [-0.05, 0) is 19.8 Å². The summed E-state index contributed by atoms with van der Waals surface area (Å²) in [7, 11) is 0. The van der Waals surface area contributed by atoms with Crippen molar-refractivity contribution >= 4 is 5.97 Å². The van der Waals surface area contributed by atoms with E-state index in [-0.39, 0.29) is 5.69 Å². The van der Waals surface area contributed by atoms with E-state index < -0.39 is 5.97 Å². The minimum atomic E-state index is -0.915. The van der Waals surface area contributed by atoms with Crippen LogP contribution in [0.4, 0.5) is 0 Å². The number of carbonyl (C=O) groups is 1. The Morgan fingerprint density at radius 3 is 2.84 bits per heavy atom. The molecule has 1 saturated heterocycles. The molecule has 0 spiro atoms. The van der Waals surface area contributed by atoms with Crippen LogP contribution in [0.2, 0.25) is 0 Å². The van der Waals surface area contributed by atoms with E-state index in [9.17, 15) is 4.79 Å². The van der Waals surface area contributed by atoms with E-state index in [4.69, 9.17) is 9.84 Å². The predicted molar refractivity (Wildman–Crippen MR) is 68.4 cm³/mol. The summed E-state index contributed by atoms with van der Waals surface area (Å²) in [6, 6.07) is 0.478. The van der Waals surface area contributed by atoms with Crippen LogP contribution >= 0.6 is 0 Å². The molecule has 0 bridgehead atoms. The second kappa shape index (κ2) is 4.94. The molecule has 3 heterocycles. The zero-order valence-electron chi connectivity index (χ0n) is 11.1. The highest BCUT2D eigenvalue weighted by Gasteiger charge is 2.30. The maximum atomic E-state index is 11.2. The molecule has 1 unspecified atom stereocenters. The normalized spacial score (nSPS) is 24.2. The highest BCUT2D eigenvalue weighted by Crippen LogP contribution is 2.24. The second-order valence-electron chi connectivity index (χ2n) is 5.21. The molecule has 1 aromatic rings. The highest BCUT2D eigenvalue weighted by atomic mass is 16.5. The largest absolute Gasteiger partial charge is 0.476 e. The first-order valence-corrected chi connectivity index (χ1v) is 6.78. The maximum absolute atomic E-state index is 11.2. The molecule has 2 aliphatic rings. The van der Waals surface area contributed by atoms with E-state index >= 15 is 0 Å². The Labute approximate surface area is 112 Å². The number of hydrogen-bond acceptors (Lipinski definition) is 4. The Morgan fingerprint density at radius 2 is 2.16 bits per heavy atom. The van der Waals surface area contributed by atoms with Crippen LogP contribution < -0.4 is 0 Å². The SMILES string of the molecule is Cc1nc(C(=O)O)c2n1CC(N1CCOCC1)CC2. The van der Waals surface area contributed by atoms with Gasteiger partial charge in [0.25, 0.3) is 0 Å². The van der Waals surface area contributed by atoms with Crippen molar-refractivity contribution in [2.24, 2.45) is 0 Å². The number of ether oxygens (including phenoxy) is 1. The number of imidazole rings is 1. The molecule has 6 nitrogen and oxygen atoms in total. The molecule has 1 atom stereocenters. The van der Waals surface area contributed by atoms with Crippen molar-refractivity contribution in [1.82, 2.24) is 14.5 Å². The van der Waals surface area contributed by atoms with E-state index in [1.54, 1.807) is 0 Å². The lowest BCUT2D eigenvalue weighted by atomic mass is 10.0. The molecule has 2 aliphatic heterocycles. The van der Waals surface area contributed by atoms with E-state index in [0.717, 1.165) is 57.2 Å². The molecular weight excluding hydrogens is 246 g/mol. The van der Waals surface area contributed by atoms with Crippen LogP contribution in [-0.4, -0.2) is 57.9 Å². The van der Waals surface area contributed by atoms with Gasteiger partial charge in [-0.2, -0.15) is 0 Å². The average molecular weight is 265 g/mol. The van der Waals surface area contributed by atoms with Gasteiger partial charge in [0.15, 0.2) is 5.69 Å². The van der Waals surface area contributed by atoms with E-state index in [2.05, 4.69) is 14.5 Å². The number of hydrogen-bond donors (Lipinski definition) is 1. The number of nitrogens with zero attached hydrogens (tertiary/aromatic N) is 3. The summed E-state index contributed by atoms with van der Waals surface area (Å²) in [4.78, 5) is 17.8. The van der Waals surface area contributed by atoms with Crippen LogP contribution in [0.3, 0.4) is 0 Å². The van der Waals surface area contributed by atoms with Crippen LogP contribution in [0, 0.1) is 6.92 Å². The number of rotatable bonds is 2. The molecule has 0 amide bonds. The fourth-order valence-corrected chi connectivity index (χ4v) is 3.12. The highest BCUT2D eigenvalue weighted by molar-refractivity contribution is 5.86. The van der Waals surface area contributed by atoms with Crippen molar-refractivity contribution in [3.8, 4) is 0 Å². The summed E-state index contributed by atoms with van der Waals surface area (Å²) < 4.78 is 7.46.